The average Bonchev–Trinajstić information content (AvgIpc) is 2.28. The molecule has 17 heavy (non-hydrogen) atoms. The Morgan fingerprint density at radius 2 is 2.24 bits per heavy atom. The number of carbonyl (C=O) groups excluding carboxylic acids is 1. The van der Waals surface area contributed by atoms with E-state index in [1.807, 2.05) is 0 Å². The highest BCUT2D eigenvalue weighted by Gasteiger charge is 2.20. The van der Waals surface area contributed by atoms with Gasteiger partial charge >= 0.3 is 5.97 Å². The van der Waals surface area contributed by atoms with Crippen molar-refractivity contribution in [2.75, 3.05) is 6.61 Å². The predicted octanol–water partition coefficient (Wildman–Crippen LogP) is 0.300. The molecule has 0 aliphatic heterocycles. The Hall–Kier alpha value is -1.66. The third kappa shape index (κ3) is 4.01. The van der Waals surface area contributed by atoms with E-state index in [0.29, 0.717) is 5.02 Å². The predicted molar refractivity (Wildman–Crippen MR) is 59.8 cm³/mol. The van der Waals surface area contributed by atoms with Gasteiger partial charge in [0, 0.05) is 24.2 Å². The Morgan fingerprint density at radius 3 is 2.76 bits per heavy atom. The SMILES string of the molecule is O=C(N[C@H](CCO)C(=O)O)c1cc(Cl)ccn1. The van der Waals surface area contributed by atoms with Crippen LogP contribution in [0.3, 0.4) is 0 Å². The topological polar surface area (TPSA) is 99.5 Å². The van der Waals surface area contributed by atoms with Crippen molar-refractivity contribution < 1.29 is 19.8 Å². The molecule has 0 saturated carbocycles. The maximum Gasteiger partial charge on any atom is 0.326 e. The van der Waals surface area contributed by atoms with Crippen molar-refractivity contribution in [3.8, 4) is 0 Å². The van der Waals surface area contributed by atoms with Crippen molar-refractivity contribution in [3.63, 3.8) is 0 Å². The van der Waals surface area contributed by atoms with Crippen LogP contribution in [0, 0.1) is 0 Å². The summed E-state index contributed by atoms with van der Waals surface area (Å²) in [5.41, 5.74) is 0.0293. The zero-order valence-corrected chi connectivity index (χ0v) is 9.52. The van der Waals surface area contributed by atoms with Crippen molar-refractivity contribution in [2.45, 2.75) is 12.5 Å². The first kappa shape index (κ1) is 13.4. The van der Waals surface area contributed by atoms with E-state index >= 15 is 0 Å². The molecule has 0 aliphatic rings. The lowest BCUT2D eigenvalue weighted by molar-refractivity contribution is -0.139. The largest absolute Gasteiger partial charge is 0.480 e. The molecule has 1 rings (SSSR count). The number of amides is 1. The van der Waals surface area contributed by atoms with Crippen LogP contribution in [-0.4, -0.2) is 39.7 Å². The molecule has 1 heterocycles. The number of aliphatic hydroxyl groups is 1. The van der Waals surface area contributed by atoms with Crippen molar-refractivity contribution in [2.24, 2.45) is 0 Å². The number of halogens is 1. The van der Waals surface area contributed by atoms with Crippen molar-refractivity contribution in [3.05, 3.63) is 29.0 Å². The molecule has 0 unspecified atom stereocenters. The van der Waals surface area contributed by atoms with E-state index in [4.69, 9.17) is 21.8 Å². The van der Waals surface area contributed by atoms with Gasteiger partial charge in [0.25, 0.3) is 5.91 Å². The minimum absolute atomic E-state index is 0.0293. The van der Waals surface area contributed by atoms with E-state index < -0.39 is 17.9 Å². The molecule has 0 saturated heterocycles. The van der Waals surface area contributed by atoms with Crippen LogP contribution in [0.4, 0.5) is 0 Å². The van der Waals surface area contributed by atoms with Gasteiger partial charge < -0.3 is 15.5 Å². The Labute approximate surface area is 102 Å². The Morgan fingerprint density at radius 1 is 1.53 bits per heavy atom. The second-order valence-electron chi connectivity index (χ2n) is 3.24. The molecule has 1 aromatic heterocycles. The fourth-order valence-electron chi connectivity index (χ4n) is 1.15. The summed E-state index contributed by atoms with van der Waals surface area (Å²) in [6.07, 6.45) is 1.28. The number of aromatic nitrogens is 1. The van der Waals surface area contributed by atoms with Gasteiger partial charge in [-0.2, -0.15) is 0 Å². The van der Waals surface area contributed by atoms with Gasteiger partial charge in [0.1, 0.15) is 11.7 Å². The van der Waals surface area contributed by atoms with Crippen LogP contribution in [-0.2, 0) is 4.79 Å². The highest BCUT2D eigenvalue weighted by molar-refractivity contribution is 6.30. The molecule has 1 aromatic rings. The molecule has 0 fully saturated rings. The van der Waals surface area contributed by atoms with Gasteiger partial charge in [-0.1, -0.05) is 11.6 Å². The number of carboxylic acids is 1. The minimum Gasteiger partial charge on any atom is -0.480 e. The number of nitrogens with zero attached hydrogens (tertiary/aromatic N) is 1. The van der Waals surface area contributed by atoms with Crippen molar-refractivity contribution in [1.82, 2.24) is 10.3 Å². The molecule has 6 nitrogen and oxygen atoms in total. The third-order valence-corrected chi connectivity index (χ3v) is 2.21. The number of pyridine rings is 1. The highest BCUT2D eigenvalue weighted by Crippen LogP contribution is 2.08. The molecule has 1 amide bonds. The summed E-state index contributed by atoms with van der Waals surface area (Å²) in [5, 5.41) is 20.0. The molecule has 0 aliphatic carbocycles. The summed E-state index contributed by atoms with van der Waals surface area (Å²) < 4.78 is 0. The summed E-state index contributed by atoms with van der Waals surface area (Å²) in [5.74, 6) is -1.86. The van der Waals surface area contributed by atoms with E-state index in [1.54, 1.807) is 0 Å². The molecular formula is C10H11ClN2O4. The lowest BCUT2D eigenvalue weighted by Gasteiger charge is -2.12. The van der Waals surface area contributed by atoms with Crippen LogP contribution < -0.4 is 5.32 Å². The van der Waals surface area contributed by atoms with E-state index in [0.717, 1.165) is 0 Å². The molecular weight excluding hydrogens is 248 g/mol. The van der Waals surface area contributed by atoms with Crippen LogP contribution >= 0.6 is 11.6 Å². The zero-order valence-electron chi connectivity index (χ0n) is 8.76. The first-order valence-corrected chi connectivity index (χ1v) is 5.18. The fraction of sp³-hybridized carbons (Fsp3) is 0.300. The van der Waals surface area contributed by atoms with Gasteiger partial charge in [0.05, 0.1) is 0 Å². The number of nitrogens with one attached hydrogen (secondary N) is 1. The molecule has 7 heteroatoms. The van der Waals surface area contributed by atoms with Gasteiger partial charge in [-0.25, -0.2) is 4.79 Å². The number of rotatable bonds is 5. The lowest BCUT2D eigenvalue weighted by Crippen LogP contribution is -2.41. The number of hydrogen-bond acceptors (Lipinski definition) is 4. The second kappa shape index (κ2) is 6.17. The Bertz CT molecular complexity index is 425. The van der Waals surface area contributed by atoms with Crippen molar-refractivity contribution >= 4 is 23.5 Å². The molecule has 0 radical (unpaired) electrons. The molecule has 1 atom stereocenters. The lowest BCUT2D eigenvalue weighted by atomic mass is 10.2. The first-order chi connectivity index (χ1) is 8.04. The van der Waals surface area contributed by atoms with Crippen LogP contribution in [0.15, 0.2) is 18.3 Å². The Balaban J connectivity index is 2.73. The average molecular weight is 259 g/mol. The summed E-state index contributed by atoms with van der Waals surface area (Å²) in [4.78, 5) is 26.1. The number of carboxylic acid groups (broad SMARTS) is 1. The fourth-order valence-corrected chi connectivity index (χ4v) is 1.31. The number of carbonyl (C=O) groups is 2. The highest BCUT2D eigenvalue weighted by atomic mass is 35.5. The second-order valence-corrected chi connectivity index (χ2v) is 3.67. The molecule has 92 valence electrons. The summed E-state index contributed by atoms with van der Waals surface area (Å²) in [7, 11) is 0. The van der Waals surface area contributed by atoms with Gasteiger partial charge in [-0.3, -0.25) is 9.78 Å². The van der Waals surface area contributed by atoms with Crippen LogP contribution in [0.1, 0.15) is 16.9 Å². The number of aliphatic hydroxyl groups excluding tert-OH is 1. The monoisotopic (exact) mass is 258 g/mol. The molecule has 3 N–H and O–H groups in total. The van der Waals surface area contributed by atoms with E-state index in [-0.39, 0.29) is 18.7 Å². The van der Waals surface area contributed by atoms with E-state index in [1.165, 1.54) is 18.3 Å². The molecule has 0 bridgehead atoms. The molecule has 0 spiro atoms. The maximum absolute atomic E-state index is 11.6. The van der Waals surface area contributed by atoms with E-state index in [9.17, 15) is 9.59 Å². The Kier molecular flexibility index (Phi) is 4.86. The van der Waals surface area contributed by atoms with Gasteiger partial charge in [0.2, 0.25) is 0 Å². The minimum atomic E-state index is -1.21. The normalized spacial score (nSPS) is 11.9. The first-order valence-electron chi connectivity index (χ1n) is 4.80. The van der Waals surface area contributed by atoms with E-state index in [2.05, 4.69) is 10.3 Å². The number of aliphatic carboxylic acids is 1. The van der Waals surface area contributed by atoms with Gasteiger partial charge in [0.15, 0.2) is 0 Å². The standard InChI is InChI=1S/C10H11ClN2O4/c11-6-1-3-12-8(5-6)9(15)13-7(2-4-14)10(16)17/h1,3,5,7,14H,2,4H2,(H,13,15)(H,16,17)/t7-/m1/s1. The quantitative estimate of drug-likeness (QED) is 0.705. The summed E-state index contributed by atoms with van der Waals surface area (Å²) in [6, 6.07) is 1.68. The van der Waals surface area contributed by atoms with Gasteiger partial charge in [-0.05, 0) is 12.1 Å². The molecule has 0 aromatic carbocycles. The summed E-state index contributed by atoms with van der Waals surface area (Å²) in [6.45, 7) is -0.333. The number of hydrogen-bond donors (Lipinski definition) is 3. The van der Waals surface area contributed by atoms with Crippen LogP contribution in [0.2, 0.25) is 5.02 Å². The zero-order chi connectivity index (χ0) is 12.8. The van der Waals surface area contributed by atoms with Gasteiger partial charge in [-0.15, -0.1) is 0 Å². The van der Waals surface area contributed by atoms with Crippen molar-refractivity contribution in [1.29, 1.82) is 0 Å². The smallest absolute Gasteiger partial charge is 0.326 e. The summed E-state index contributed by atoms with van der Waals surface area (Å²) >= 11 is 5.67. The van der Waals surface area contributed by atoms with Crippen LogP contribution in [0.25, 0.3) is 0 Å². The third-order valence-electron chi connectivity index (χ3n) is 1.98. The maximum atomic E-state index is 11.6. The van der Waals surface area contributed by atoms with Crippen LogP contribution in [0.5, 0.6) is 0 Å².